The second kappa shape index (κ2) is 16.8. The number of aliphatic hydroxyl groups excluding tert-OH is 1. The first-order valence-corrected chi connectivity index (χ1v) is 18.5. The molecule has 13 heteroatoms. The summed E-state index contributed by atoms with van der Waals surface area (Å²) in [5.74, 6) is 0.574. The van der Waals surface area contributed by atoms with Crippen LogP contribution in [-0.4, -0.2) is 46.8 Å². The summed E-state index contributed by atoms with van der Waals surface area (Å²) >= 11 is 15.0. The van der Waals surface area contributed by atoms with Gasteiger partial charge in [0, 0.05) is 21.4 Å². The molecule has 1 aliphatic rings. The fourth-order valence-electron chi connectivity index (χ4n) is 5.05. The molecule has 3 aromatic carbocycles. The van der Waals surface area contributed by atoms with Crippen LogP contribution in [0.2, 0.25) is 10.0 Å². The van der Waals surface area contributed by atoms with Crippen LogP contribution in [0.3, 0.4) is 0 Å². The van der Waals surface area contributed by atoms with Crippen LogP contribution in [-0.2, 0) is 15.3 Å². The molecule has 0 radical (unpaired) electrons. The molecule has 0 aliphatic carbocycles. The van der Waals surface area contributed by atoms with Gasteiger partial charge in [-0.2, -0.15) is 0 Å². The highest BCUT2D eigenvalue weighted by Gasteiger charge is 2.48. The predicted molar refractivity (Wildman–Crippen MR) is 196 cm³/mol. The van der Waals surface area contributed by atoms with Crippen LogP contribution >= 0.6 is 46.3 Å². The van der Waals surface area contributed by atoms with Crippen molar-refractivity contribution in [2.45, 2.75) is 56.7 Å². The molecule has 1 unspecified atom stereocenters. The number of aromatic nitrogens is 2. The number of hydrogen-bond donors (Lipinski definition) is 1. The van der Waals surface area contributed by atoms with Gasteiger partial charge in [0.2, 0.25) is 5.13 Å². The fourth-order valence-corrected chi connectivity index (χ4v) is 7.48. The number of ether oxygens (including phenoxy) is 3. The summed E-state index contributed by atoms with van der Waals surface area (Å²) in [6.45, 7) is 9.53. The van der Waals surface area contributed by atoms with Crippen molar-refractivity contribution in [2.75, 3.05) is 24.7 Å². The molecular weight excluding hydrogens is 705 g/mol. The van der Waals surface area contributed by atoms with Crippen LogP contribution in [0.1, 0.15) is 63.3 Å². The summed E-state index contributed by atoms with van der Waals surface area (Å²) in [6, 6.07) is 16.3. The third-order valence-electron chi connectivity index (χ3n) is 7.55. The van der Waals surface area contributed by atoms with Gasteiger partial charge < -0.3 is 19.3 Å². The summed E-state index contributed by atoms with van der Waals surface area (Å²) in [5, 5.41) is 21.5. The van der Waals surface area contributed by atoms with E-state index in [0.717, 1.165) is 29.7 Å². The van der Waals surface area contributed by atoms with E-state index in [2.05, 4.69) is 24.0 Å². The Hall–Kier alpha value is -3.77. The number of amides is 1. The normalized spacial score (nSPS) is 15.7. The number of carbonyl (C=O) groups is 2. The third-order valence-corrected chi connectivity index (χ3v) is 10.2. The Labute approximate surface area is 304 Å². The van der Waals surface area contributed by atoms with Gasteiger partial charge in [-0.25, -0.2) is 0 Å². The van der Waals surface area contributed by atoms with Crippen molar-refractivity contribution in [2.24, 2.45) is 5.92 Å². The zero-order chi connectivity index (χ0) is 35.1. The van der Waals surface area contributed by atoms with Crippen molar-refractivity contribution in [3.63, 3.8) is 0 Å². The van der Waals surface area contributed by atoms with Crippen LogP contribution in [0.5, 0.6) is 17.2 Å². The Morgan fingerprint density at radius 1 is 0.959 bits per heavy atom. The highest BCUT2D eigenvalue weighted by Crippen LogP contribution is 2.46. The van der Waals surface area contributed by atoms with E-state index >= 15 is 0 Å². The molecule has 5 rings (SSSR count). The molecule has 1 N–H and O–H groups in total. The van der Waals surface area contributed by atoms with Gasteiger partial charge in [-0.05, 0) is 85.3 Å². The van der Waals surface area contributed by atoms with E-state index in [1.54, 1.807) is 54.6 Å². The van der Waals surface area contributed by atoms with Crippen molar-refractivity contribution < 1.29 is 28.9 Å². The Balaban J connectivity index is 1.55. The maximum absolute atomic E-state index is 13.8. The molecule has 0 spiro atoms. The van der Waals surface area contributed by atoms with Crippen LogP contribution in [0.4, 0.5) is 5.13 Å². The van der Waals surface area contributed by atoms with Crippen molar-refractivity contribution in [3.8, 4) is 17.2 Å². The number of ketones is 1. The lowest BCUT2D eigenvalue weighted by molar-refractivity contribution is -0.132. The molecule has 1 fully saturated rings. The maximum atomic E-state index is 13.8. The Bertz CT molecular complexity index is 1830. The fraction of sp³-hybridized carbons (Fsp3) is 0.333. The minimum Gasteiger partial charge on any atom is -0.507 e. The first-order valence-electron chi connectivity index (χ1n) is 15.9. The Morgan fingerprint density at radius 2 is 1.73 bits per heavy atom. The van der Waals surface area contributed by atoms with Crippen LogP contribution < -0.4 is 19.1 Å². The number of nitrogens with zero attached hydrogens (tertiary/aromatic N) is 3. The minimum atomic E-state index is -1.03. The standard InChI is InChI=1S/C36H37Cl2N3O6S2/c1-5-16-46-26-12-8-22(9-13-26)32(42)30-31(23-10-14-28(29(18-23)45-6-2)47-17-15-21(3)4)41(34(44)33(30)43)35-39-40-36(49-35)48-20-24-7-11-25(37)19-27(24)38/h7-14,18-19,21,31,42H,5-6,15-17,20H2,1-4H3. The van der Waals surface area contributed by atoms with Crippen molar-refractivity contribution in [1.29, 1.82) is 0 Å². The molecule has 1 atom stereocenters. The molecule has 4 aromatic rings. The van der Waals surface area contributed by atoms with Gasteiger partial charge in [0.05, 0.1) is 31.4 Å². The lowest BCUT2D eigenvalue weighted by atomic mass is 9.95. The zero-order valence-electron chi connectivity index (χ0n) is 27.6. The molecule has 258 valence electrons. The van der Waals surface area contributed by atoms with E-state index in [0.29, 0.717) is 74.3 Å². The number of benzene rings is 3. The van der Waals surface area contributed by atoms with Crippen LogP contribution in [0.15, 0.2) is 70.6 Å². The Morgan fingerprint density at radius 3 is 2.43 bits per heavy atom. The molecule has 0 saturated carbocycles. The number of rotatable bonds is 15. The van der Waals surface area contributed by atoms with E-state index in [4.69, 9.17) is 37.4 Å². The summed E-state index contributed by atoms with van der Waals surface area (Å²) in [7, 11) is 0. The van der Waals surface area contributed by atoms with E-state index in [-0.39, 0.29) is 16.5 Å². The maximum Gasteiger partial charge on any atom is 0.301 e. The molecular formula is C36H37Cl2N3O6S2. The molecule has 0 bridgehead atoms. The highest BCUT2D eigenvalue weighted by molar-refractivity contribution is 8.00. The summed E-state index contributed by atoms with van der Waals surface area (Å²) in [5.41, 5.74) is 1.67. The largest absolute Gasteiger partial charge is 0.507 e. The van der Waals surface area contributed by atoms with Gasteiger partial charge in [-0.15, -0.1) is 10.2 Å². The van der Waals surface area contributed by atoms with Crippen molar-refractivity contribution >= 4 is 68.9 Å². The first kappa shape index (κ1) is 36.5. The topological polar surface area (TPSA) is 111 Å². The molecule has 1 aliphatic heterocycles. The highest BCUT2D eigenvalue weighted by atomic mass is 35.5. The molecule has 1 aromatic heterocycles. The number of anilines is 1. The van der Waals surface area contributed by atoms with Gasteiger partial charge in [-0.3, -0.25) is 14.5 Å². The molecule has 9 nitrogen and oxygen atoms in total. The predicted octanol–water partition coefficient (Wildman–Crippen LogP) is 9.38. The van der Waals surface area contributed by atoms with Crippen LogP contribution in [0.25, 0.3) is 5.76 Å². The monoisotopic (exact) mass is 741 g/mol. The third kappa shape index (κ3) is 8.70. The zero-order valence-corrected chi connectivity index (χ0v) is 30.7. The van der Waals surface area contributed by atoms with E-state index in [1.165, 1.54) is 16.7 Å². The first-order chi connectivity index (χ1) is 23.6. The van der Waals surface area contributed by atoms with Gasteiger partial charge in [-0.1, -0.05) is 79.2 Å². The van der Waals surface area contributed by atoms with E-state index < -0.39 is 17.7 Å². The van der Waals surface area contributed by atoms with Gasteiger partial charge in [0.1, 0.15) is 11.5 Å². The quantitative estimate of drug-likeness (QED) is 0.0419. The average Bonchev–Trinajstić information content (AvgIpc) is 3.65. The molecule has 49 heavy (non-hydrogen) atoms. The lowest BCUT2D eigenvalue weighted by Crippen LogP contribution is -2.29. The SMILES string of the molecule is CCCOc1ccc(C(O)=C2C(=O)C(=O)N(c3nnc(SCc4ccc(Cl)cc4Cl)s3)C2c2ccc(OCCC(C)C)c(OCC)c2)cc1. The average molecular weight is 743 g/mol. The lowest BCUT2D eigenvalue weighted by Gasteiger charge is -2.24. The molecule has 1 saturated heterocycles. The van der Waals surface area contributed by atoms with Gasteiger partial charge in [0.15, 0.2) is 15.8 Å². The van der Waals surface area contributed by atoms with Crippen molar-refractivity contribution in [3.05, 3.63) is 93.0 Å². The summed E-state index contributed by atoms with van der Waals surface area (Å²) in [4.78, 5) is 28.9. The van der Waals surface area contributed by atoms with Gasteiger partial charge >= 0.3 is 5.91 Å². The van der Waals surface area contributed by atoms with Crippen LogP contribution in [0, 0.1) is 5.92 Å². The second-order valence-electron chi connectivity index (χ2n) is 11.6. The molecule has 2 heterocycles. The van der Waals surface area contributed by atoms with E-state index in [1.807, 2.05) is 19.9 Å². The smallest absolute Gasteiger partial charge is 0.301 e. The number of Topliss-reactive ketones (excluding diaryl/α,β-unsaturated/α-hetero) is 1. The number of aliphatic hydroxyl groups is 1. The molecule has 1 amide bonds. The van der Waals surface area contributed by atoms with E-state index in [9.17, 15) is 14.7 Å². The van der Waals surface area contributed by atoms with Gasteiger partial charge in [0.25, 0.3) is 5.78 Å². The number of thioether (sulfide) groups is 1. The number of carbonyl (C=O) groups excluding carboxylic acids is 2. The number of hydrogen-bond acceptors (Lipinski definition) is 10. The second-order valence-corrected chi connectivity index (χ2v) is 14.6. The summed E-state index contributed by atoms with van der Waals surface area (Å²) < 4.78 is 18.3. The number of halogens is 2. The Kier molecular flexibility index (Phi) is 12.5. The summed E-state index contributed by atoms with van der Waals surface area (Å²) in [6.07, 6.45) is 1.70. The van der Waals surface area contributed by atoms with Crippen molar-refractivity contribution in [1.82, 2.24) is 10.2 Å². The minimum absolute atomic E-state index is 0.0829.